The molecule has 2 aliphatic heterocycles. The van der Waals surface area contributed by atoms with Crippen LogP contribution in [0.1, 0.15) is 0 Å². The molecule has 0 aliphatic carbocycles. The van der Waals surface area contributed by atoms with Crippen LogP contribution in [0.4, 0.5) is 4.39 Å². The summed E-state index contributed by atoms with van der Waals surface area (Å²) in [4.78, 5) is 0.0699. The normalized spacial score (nSPS) is 24.2. The molecule has 0 unspecified atom stereocenters. The molecular formula is C18H19FN2O5S2. The lowest BCUT2D eigenvalue weighted by Gasteiger charge is -2.44. The third-order valence-corrected chi connectivity index (χ3v) is 8.50. The number of ether oxygens (including phenoxy) is 1. The molecule has 0 amide bonds. The van der Waals surface area contributed by atoms with Crippen LogP contribution in [0.2, 0.25) is 0 Å². The van der Waals surface area contributed by atoms with Gasteiger partial charge in [0, 0.05) is 26.2 Å². The summed E-state index contributed by atoms with van der Waals surface area (Å²) in [5.41, 5.74) is 0. The number of halogens is 1. The Morgan fingerprint density at radius 2 is 1.25 bits per heavy atom. The maximum atomic E-state index is 13.5. The fraction of sp³-hybridized carbons (Fsp3) is 0.333. The van der Waals surface area contributed by atoms with Crippen LogP contribution in [0.25, 0.3) is 0 Å². The van der Waals surface area contributed by atoms with E-state index in [1.807, 2.05) is 0 Å². The highest BCUT2D eigenvalue weighted by atomic mass is 32.2. The van der Waals surface area contributed by atoms with Gasteiger partial charge in [0.2, 0.25) is 20.0 Å². The SMILES string of the molecule is O=S(=O)(c1ccccc1)N1C[C@@H]2CN(S(=O)(=O)c3cccc(F)c3)C[C@H](C1)O2. The fourth-order valence-corrected chi connectivity index (χ4v) is 6.59. The minimum Gasteiger partial charge on any atom is -0.369 e. The molecule has 2 saturated heterocycles. The number of nitrogens with zero attached hydrogens (tertiary/aromatic N) is 2. The van der Waals surface area contributed by atoms with Crippen LogP contribution in [0.3, 0.4) is 0 Å². The van der Waals surface area contributed by atoms with E-state index in [1.54, 1.807) is 18.2 Å². The van der Waals surface area contributed by atoms with Crippen LogP contribution in [-0.2, 0) is 24.8 Å². The number of hydrogen-bond donors (Lipinski definition) is 0. The van der Waals surface area contributed by atoms with Crippen molar-refractivity contribution in [3.05, 3.63) is 60.4 Å². The Bertz CT molecular complexity index is 1060. The molecule has 2 aromatic carbocycles. The summed E-state index contributed by atoms with van der Waals surface area (Å²) in [6.07, 6.45) is -1.18. The molecule has 4 rings (SSSR count). The first-order valence-electron chi connectivity index (χ1n) is 8.73. The number of morpholine rings is 2. The predicted octanol–water partition coefficient (Wildman–Crippen LogP) is 1.29. The van der Waals surface area contributed by atoms with Crippen molar-refractivity contribution in [2.75, 3.05) is 26.2 Å². The molecular weight excluding hydrogens is 407 g/mol. The Hall–Kier alpha value is -1.85. The van der Waals surface area contributed by atoms with Crippen LogP contribution in [0.15, 0.2) is 64.4 Å². The molecule has 2 aliphatic rings. The van der Waals surface area contributed by atoms with Gasteiger partial charge in [-0.15, -0.1) is 0 Å². The van der Waals surface area contributed by atoms with Gasteiger partial charge in [0.05, 0.1) is 22.0 Å². The monoisotopic (exact) mass is 426 g/mol. The van der Waals surface area contributed by atoms with Gasteiger partial charge in [-0.1, -0.05) is 24.3 Å². The van der Waals surface area contributed by atoms with Crippen molar-refractivity contribution in [1.82, 2.24) is 8.61 Å². The van der Waals surface area contributed by atoms with Crippen molar-refractivity contribution in [2.45, 2.75) is 22.0 Å². The first-order valence-corrected chi connectivity index (χ1v) is 11.6. The molecule has 0 saturated carbocycles. The summed E-state index contributed by atoms with van der Waals surface area (Å²) in [5, 5.41) is 0. The zero-order chi connectivity index (χ0) is 19.9. The standard InChI is InChI=1S/C18H19FN2O5S2/c19-14-5-4-8-18(9-14)28(24,25)21-12-15-10-20(11-16(13-21)26-15)27(22,23)17-6-2-1-3-7-17/h1-9,15-16H,10-13H2/t15-,16+. The van der Waals surface area contributed by atoms with Gasteiger partial charge in [-0.2, -0.15) is 8.61 Å². The van der Waals surface area contributed by atoms with Crippen LogP contribution < -0.4 is 0 Å². The van der Waals surface area contributed by atoms with Gasteiger partial charge in [-0.05, 0) is 30.3 Å². The highest BCUT2D eigenvalue weighted by Crippen LogP contribution is 2.28. The van der Waals surface area contributed by atoms with E-state index >= 15 is 0 Å². The first kappa shape index (κ1) is 19.5. The Labute approximate surface area is 163 Å². The van der Waals surface area contributed by atoms with E-state index in [0.29, 0.717) is 0 Å². The number of benzene rings is 2. The summed E-state index contributed by atoms with van der Waals surface area (Å²) >= 11 is 0. The van der Waals surface area contributed by atoms with E-state index in [0.717, 1.165) is 6.07 Å². The molecule has 0 N–H and O–H groups in total. The summed E-state index contributed by atoms with van der Waals surface area (Å²) in [6.45, 7) is 0.137. The molecule has 2 atom stereocenters. The highest BCUT2D eigenvalue weighted by Gasteiger charge is 2.43. The van der Waals surface area contributed by atoms with E-state index in [9.17, 15) is 21.2 Å². The number of hydrogen-bond acceptors (Lipinski definition) is 5. The van der Waals surface area contributed by atoms with E-state index in [-0.39, 0.29) is 36.0 Å². The molecule has 0 radical (unpaired) electrons. The highest BCUT2D eigenvalue weighted by molar-refractivity contribution is 7.89. The van der Waals surface area contributed by atoms with Crippen LogP contribution in [0, 0.1) is 5.82 Å². The molecule has 10 heteroatoms. The minimum atomic E-state index is -3.89. The van der Waals surface area contributed by atoms with Crippen LogP contribution >= 0.6 is 0 Å². The minimum absolute atomic E-state index is 0.0101. The Morgan fingerprint density at radius 1 is 0.750 bits per heavy atom. The van der Waals surface area contributed by atoms with Crippen molar-refractivity contribution in [2.24, 2.45) is 0 Å². The maximum Gasteiger partial charge on any atom is 0.243 e. The Balaban J connectivity index is 1.55. The van der Waals surface area contributed by atoms with Crippen molar-refractivity contribution < 1.29 is 26.0 Å². The average Bonchev–Trinajstić information content (AvgIpc) is 2.68. The van der Waals surface area contributed by atoms with Crippen molar-refractivity contribution >= 4 is 20.0 Å². The lowest BCUT2D eigenvalue weighted by atomic mass is 10.2. The van der Waals surface area contributed by atoms with Gasteiger partial charge in [-0.25, -0.2) is 21.2 Å². The van der Waals surface area contributed by atoms with E-state index in [1.165, 1.54) is 38.9 Å². The second kappa shape index (κ2) is 7.20. The van der Waals surface area contributed by atoms with Crippen molar-refractivity contribution in [3.63, 3.8) is 0 Å². The lowest BCUT2D eigenvalue weighted by Crippen LogP contribution is -2.61. The molecule has 2 bridgehead atoms. The predicted molar refractivity (Wildman–Crippen MR) is 99.0 cm³/mol. The van der Waals surface area contributed by atoms with E-state index < -0.39 is 38.1 Å². The Morgan fingerprint density at radius 3 is 1.79 bits per heavy atom. The van der Waals surface area contributed by atoms with Gasteiger partial charge < -0.3 is 4.74 Å². The molecule has 28 heavy (non-hydrogen) atoms. The lowest BCUT2D eigenvalue weighted by molar-refractivity contribution is -0.104. The molecule has 2 aromatic rings. The summed E-state index contributed by atoms with van der Waals surface area (Å²) < 4.78 is 73.2. The topological polar surface area (TPSA) is 84.0 Å². The summed E-state index contributed by atoms with van der Waals surface area (Å²) in [6, 6.07) is 13.0. The van der Waals surface area contributed by atoms with E-state index in [4.69, 9.17) is 4.74 Å². The second-order valence-corrected chi connectivity index (χ2v) is 10.7. The van der Waals surface area contributed by atoms with Gasteiger partial charge in [-0.3, -0.25) is 0 Å². The number of fused-ring (bicyclic) bond motifs is 2. The Kier molecular flexibility index (Phi) is 5.00. The number of sulfonamides is 2. The summed E-state index contributed by atoms with van der Waals surface area (Å²) in [7, 11) is -7.57. The summed E-state index contributed by atoms with van der Waals surface area (Å²) in [5.74, 6) is -0.630. The zero-order valence-corrected chi connectivity index (χ0v) is 16.4. The molecule has 7 nitrogen and oxygen atoms in total. The van der Waals surface area contributed by atoms with Crippen LogP contribution in [-0.4, -0.2) is 63.8 Å². The third-order valence-electron chi connectivity index (χ3n) is 4.83. The molecule has 2 fully saturated rings. The van der Waals surface area contributed by atoms with Crippen molar-refractivity contribution in [1.29, 1.82) is 0 Å². The largest absolute Gasteiger partial charge is 0.369 e. The third kappa shape index (κ3) is 3.58. The molecule has 2 heterocycles. The first-order chi connectivity index (χ1) is 13.3. The zero-order valence-electron chi connectivity index (χ0n) is 14.8. The van der Waals surface area contributed by atoms with E-state index in [2.05, 4.69) is 0 Å². The maximum absolute atomic E-state index is 13.5. The molecule has 150 valence electrons. The van der Waals surface area contributed by atoms with Gasteiger partial charge >= 0.3 is 0 Å². The van der Waals surface area contributed by atoms with Crippen LogP contribution in [0.5, 0.6) is 0 Å². The fourth-order valence-electron chi connectivity index (χ4n) is 3.53. The molecule has 0 spiro atoms. The van der Waals surface area contributed by atoms with Gasteiger partial charge in [0.25, 0.3) is 0 Å². The smallest absolute Gasteiger partial charge is 0.243 e. The van der Waals surface area contributed by atoms with Gasteiger partial charge in [0.1, 0.15) is 5.82 Å². The molecule has 0 aromatic heterocycles. The van der Waals surface area contributed by atoms with Gasteiger partial charge in [0.15, 0.2) is 0 Å². The van der Waals surface area contributed by atoms with Crippen molar-refractivity contribution in [3.8, 4) is 0 Å². The quantitative estimate of drug-likeness (QED) is 0.736. The average molecular weight is 426 g/mol. The number of rotatable bonds is 4. The second-order valence-electron chi connectivity index (χ2n) is 6.79.